The van der Waals surface area contributed by atoms with Crippen molar-refractivity contribution in [3.8, 4) is 0 Å². The minimum Gasteiger partial charge on any atom is -0.468 e. The number of sulfonamides is 1. The minimum atomic E-state index is -3.76. The first-order chi connectivity index (χ1) is 14.5. The molecule has 0 N–H and O–H groups in total. The third-order valence-electron chi connectivity index (χ3n) is 5.29. The molecule has 30 heavy (non-hydrogen) atoms. The Labute approximate surface area is 176 Å². The molecule has 0 saturated carbocycles. The van der Waals surface area contributed by atoms with Crippen molar-refractivity contribution in [2.75, 3.05) is 7.11 Å². The Balaban J connectivity index is 1.66. The van der Waals surface area contributed by atoms with Crippen molar-refractivity contribution in [3.63, 3.8) is 0 Å². The van der Waals surface area contributed by atoms with E-state index in [-0.39, 0.29) is 18.7 Å². The minimum absolute atomic E-state index is 0.0805. The number of esters is 1. The molecular weight excluding hydrogens is 402 g/mol. The fourth-order valence-electron chi connectivity index (χ4n) is 3.76. The Morgan fingerprint density at radius 1 is 1.07 bits per heavy atom. The Bertz CT molecular complexity index is 1130. The van der Waals surface area contributed by atoms with Crippen LogP contribution in [0.25, 0.3) is 0 Å². The van der Waals surface area contributed by atoms with E-state index in [1.165, 1.54) is 11.4 Å². The SMILES string of the molecule is COC(=O)[C@@H]1Cc2ncn(Cc3ccccc3)c2CN1S(=O)(=O)Cc1ccccc1. The van der Waals surface area contributed by atoms with E-state index in [1.54, 1.807) is 30.6 Å². The topological polar surface area (TPSA) is 81.5 Å². The van der Waals surface area contributed by atoms with Gasteiger partial charge in [-0.15, -0.1) is 0 Å². The van der Waals surface area contributed by atoms with Gasteiger partial charge in [-0.1, -0.05) is 60.7 Å². The molecule has 2 aromatic carbocycles. The molecule has 7 nitrogen and oxygen atoms in total. The Morgan fingerprint density at radius 2 is 1.70 bits per heavy atom. The molecule has 2 heterocycles. The zero-order valence-electron chi connectivity index (χ0n) is 16.6. The van der Waals surface area contributed by atoms with E-state index in [4.69, 9.17) is 4.74 Å². The van der Waals surface area contributed by atoms with Crippen LogP contribution in [-0.4, -0.2) is 41.4 Å². The van der Waals surface area contributed by atoms with E-state index >= 15 is 0 Å². The Kier molecular flexibility index (Phi) is 5.69. The molecule has 0 bridgehead atoms. The summed E-state index contributed by atoms with van der Waals surface area (Å²) in [6.07, 6.45) is 1.90. The highest BCUT2D eigenvalue weighted by Crippen LogP contribution is 2.28. The fourth-order valence-corrected chi connectivity index (χ4v) is 5.40. The second kappa shape index (κ2) is 8.41. The number of rotatable bonds is 6. The molecule has 0 fully saturated rings. The van der Waals surface area contributed by atoms with Crippen molar-refractivity contribution in [3.05, 3.63) is 89.5 Å². The van der Waals surface area contributed by atoms with Crippen molar-refractivity contribution in [1.82, 2.24) is 13.9 Å². The van der Waals surface area contributed by atoms with Crippen molar-refractivity contribution in [1.29, 1.82) is 0 Å². The molecule has 1 atom stereocenters. The molecule has 0 aliphatic carbocycles. The summed E-state index contributed by atoms with van der Waals surface area (Å²) in [5.74, 6) is -0.751. The van der Waals surface area contributed by atoms with Gasteiger partial charge in [0.25, 0.3) is 0 Å². The average molecular weight is 426 g/mol. The lowest BCUT2D eigenvalue weighted by atomic mass is 10.1. The molecule has 0 saturated heterocycles. The van der Waals surface area contributed by atoms with Crippen LogP contribution < -0.4 is 0 Å². The zero-order chi connectivity index (χ0) is 21.1. The predicted octanol–water partition coefficient (Wildman–Crippen LogP) is 2.36. The molecular formula is C22H23N3O4S. The number of aromatic nitrogens is 2. The van der Waals surface area contributed by atoms with Gasteiger partial charge in [0.15, 0.2) is 0 Å². The third kappa shape index (κ3) is 4.15. The van der Waals surface area contributed by atoms with Crippen LogP contribution in [0.5, 0.6) is 0 Å². The summed E-state index contributed by atoms with van der Waals surface area (Å²) < 4.78 is 34.7. The molecule has 1 aliphatic rings. The summed E-state index contributed by atoms with van der Waals surface area (Å²) in [5.41, 5.74) is 3.29. The van der Waals surface area contributed by atoms with Crippen molar-refractivity contribution < 1.29 is 17.9 Å². The molecule has 156 valence electrons. The lowest BCUT2D eigenvalue weighted by molar-refractivity contribution is -0.145. The van der Waals surface area contributed by atoms with Gasteiger partial charge in [0.1, 0.15) is 6.04 Å². The summed E-state index contributed by atoms with van der Waals surface area (Å²) >= 11 is 0. The first-order valence-corrected chi connectivity index (χ1v) is 11.3. The van der Waals surface area contributed by atoms with Gasteiger partial charge in [-0.25, -0.2) is 13.4 Å². The van der Waals surface area contributed by atoms with Gasteiger partial charge in [-0.05, 0) is 11.1 Å². The number of ether oxygens (including phenoxy) is 1. The number of fused-ring (bicyclic) bond motifs is 1. The van der Waals surface area contributed by atoms with Crippen LogP contribution in [0, 0.1) is 0 Å². The molecule has 1 aliphatic heterocycles. The summed E-state index contributed by atoms with van der Waals surface area (Å²) in [6, 6.07) is 17.9. The van der Waals surface area contributed by atoms with Crippen molar-refractivity contribution in [2.45, 2.75) is 31.3 Å². The van der Waals surface area contributed by atoms with E-state index in [2.05, 4.69) is 4.98 Å². The lowest BCUT2D eigenvalue weighted by Crippen LogP contribution is -2.49. The summed E-state index contributed by atoms with van der Waals surface area (Å²) in [4.78, 5) is 16.9. The monoisotopic (exact) mass is 425 g/mol. The number of carbonyl (C=O) groups excluding carboxylic acids is 1. The van der Waals surface area contributed by atoms with E-state index in [0.29, 0.717) is 12.1 Å². The van der Waals surface area contributed by atoms with Crippen molar-refractivity contribution in [2.24, 2.45) is 0 Å². The highest BCUT2D eigenvalue weighted by Gasteiger charge is 2.41. The third-order valence-corrected chi connectivity index (χ3v) is 7.09. The number of methoxy groups -OCH3 is 1. The van der Waals surface area contributed by atoms with Crippen LogP contribution in [0.4, 0.5) is 0 Å². The van der Waals surface area contributed by atoms with E-state index in [1.807, 2.05) is 41.0 Å². The summed E-state index contributed by atoms with van der Waals surface area (Å²) in [6.45, 7) is 0.662. The molecule has 4 rings (SSSR count). The maximum Gasteiger partial charge on any atom is 0.324 e. The predicted molar refractivity (Wildman–Crippen MR) is 112 cm³/mol. The molecule has 8 heteroatoms. The molecule has 3 aromatic rings. The smallest absolute Gasteiger partial charge is 0.324 e. The number of hydrogen-bond donors (Lipinski definition) is 0. The quantitative estimate of drug-likeness (QED) is 0.567. The van der Waals surface area contributed by atoms with E-state index in [9.17, 15) is 13.2 Å². The lowest BCUT2D eigenvalue weighted by Gasteiger charge is -2.33. The van der Waals surface area contributed by atoms with Gasteiger partial charge in [0.05, 0.1) is 37.1 Å². The first-order valence-electron chi connectivity index (χ1n) is 9.66. The van der Waals surface area contributed by atoms with Gasteiger partial charge in [-0.3, -0.25) is 4.79 Å². The second-order valence-electron chi connectivity index (χ2n) is 7.28. The fraction of sp³-hybridized carbons (Fsp3) is 0.273. The Hall–Kier alpha value is -2.97. The molecule has 1 aromatic heterocycles. The number of imidazole rings is 1. The molecule has 0 amide bonds. The average Bonchev–Trinajstić information content (AvgIpc) is 3.15. The van der Waals surface area contributed by atoms with E-state index in [0.717, 1.165) is 17.0 Å². The van der Waals surface area contributed by atoms with Gasteiger partial charge >= 0.3 is 5.97 Å². The zero-order valence-corrected chi connectivity index (χ0v) is 17.5. The maximum absolute atomic E-state index is 13.3. The van der Waals surface area contributed by atoms with Crippen LogP contribution in [0.15, 0.2) is 67.0 Å². The van der Waals surface area contributed by atoms with Crippen LogP contribution in [0.2, 0.25) is 0 Å². The normalized spacial score (nSPS) is 16.8. The van der Waals surface area contributed by atoms with Crippen molar-refractivity contribution >= 4 is 16.0 Å². The highest BCUT2D eigenvalue weighted by atomic mass is 32.2. The summed E-state index contributed by atoms with van der Waals surface area (Å²) in [7, 11) is -2.49. The van der Waals surface area contributed by atoms with Gasteiger partial charge in [0, 0.05) is 13.0 Å². The molecule has 0 spiro atoms. The highest BCUT2D eigenvalue weighted by molar-refractivity contribution is 7.88. The van der Waals surface area contributed by atoms with Crippen LogP contribution in [-0.2, 0) is 44.8 Å². The summed E-state index contributed by atoms with van der Waals surface area (Å²) in [5, 5.41) is 0. The molecule has 0 radical (unpaired) electrons. The largest absolute Gasteiger partial charge is 0.468 e. The van der Waals surface area contributed by atoms with E-state index < -0.39 is 22.0 Å². The van der Waals surface area contributed by atoms with Gasteiger partial charge in [-0.2, -0.15) is 4.31 Å². The number of carbonyl (C=O) groups is 1. The number of hydrogen-bond acceptors (Lipinski definition) is 5. The number of benzene rings is 2. The van der Waals surface area contributed by atoms with Crippen LogP contribution in [0.1, 0.15) is 22.5 Å². The van der Waals surface area contributed by atoms with Gasteiger partial charge < -0.3 is 9.30 Å². The maximum atomic E-state index is 13.3. The van der Waals surface area contributed by atoms with Gasteiger partial charge in [0.2, 0.25) is 10.0 Å². The van der Waals surface area contributed by atoms with Crippen LogP contribution >= 0.6 is 0 Å². The second-order valence-corrected chi connectivity index (χ2v) is 9.20. The number of nitrogens with zero attached hydrogens (tertiary/aromatic N) is 3. The van der Waals surface area contributed by atoms with Crippen LogP contribution in [0.3, 0.4) is 0 Å². The molecule has 0 unspecified atom stereocenters. The standard InChI is InChI=1S/C22H23N3O4S/c1-29-22(26)20-12-19-21(24(16-23-19)13-17-8-4-2-5-9-17)14-25(20)30(27,28)15-18-10-6-3-7-11-18/h2-11,16,20H,12-15H2,1H3/t20-/m0/s1. The Morgan fingerprint density at radius 3 is 2.33 bits per heavy atom. The first kappa shape index (κ1) is 20.3.